The molecule has 0 saturated heterocycles. The Balaban J connectivity index is 1.82. The Hall–Kier alpha value is -2.54. The predicted octanol–water partition coefficient (Wildman–Crippen LogP) is 2.48. The Morgan fingerprint density at radius 1 is 1.19 bits per heavy atom. The van der Waals surface area contributed by atoms with Gasteiger partial charge >= 0.3 is 0 Å². The van der Waals surface area contributed by atoms with Crippen molar-refractivity contribution in [3.63, 3.8) is 0 Å². The number of hydrogen-bond donors (Lipinski definition) is 1. The van der Waals surface area contributed by atoms with Gasteiger partial charge in [0.05, 0.1) is 24.0 Å². The number of fused-ring (bicyclic) bond motifs is 1. The van der Waals surface area contributed by atoms with Crippen molar-refractivity contribution >= 4 is 21.6 Å². The molecule has 1 heterocycles. The molecular weight excluding hydrogens is 352 g/mol. The van der Waals surface area contributed by atoms with E-state index in [1.165, 1.54) is 4.31 Å². The number of anilines is 1. The Labute approximate surface area is 153 Å². The molecule has 0 bridgehead atoms. The molecule has 2 aromatic carbocycles. The summed E-state index contributed by atoms with van der Waals surface area (Å²) in [5, 5.41) is 2.90. The van der Waals surface area contributed by atoms with Gasteiger partial charge in [-0.25, -0.2) is 8.42 Å². The summed E-state index contributed by atoms with van der Waals surface area (Å²) in [5.74, 6) is 0.00580. The Bertz CT molecular complexity index is 883. The molecule has 0 fully saturated rings. The molecular formula is C19H22N2O4S. The summed E-state index contributed by atoms with van der Waals surface area (Å²) in [6.07, 6.45) is -0.905. The van der Waals surface area contributed by atoms with Crippen molar-refractivity contribution in [2.75, 3.05) is 16.6 Å². The zero-order chi connectivity index (χ0) is 18.7. The van der Waals surface area contributed by atoms with Gasteiger partial charge in [0.1, 0.15) is 5.75 Å². The Morgan fingerprint density at radius 3 is 2.54 bits per heavy atom. The van der Waals surface area contributed by atoms with E-state index in [2.05, 4.69) is 5.32 Å². The minimum atomic E-state index is -3.51. The smallest absolute Gasteiger partial charge is 0.263 e. The Morgan fingerprint density at radius 2 is 1.85 bits per heavy atom. The molecule has 1 aliphatic rings. The number of hydrogen-bond acceptors (Lipinski definition) is 4. The number of rotatable bonds is 5. The van der Waals surface area contributed by atoms with Gasteiger partial charge in [0.25, 0.3) is 5.91 Å². The van der Waals surface area contributed by atoms with Crippen molar-refractivity contribution < 1.29 is 17.9 Å². The lowest BCUT2D eigenvalue weighted by molar-refractivity contribution is -0.128. The highest BCUT2D eigenvalue weighted by molar-refractivity contribution is 7.92. The number of benzene rings is 2. The maximum absolute atomic E-state index is 12.7. The van der Waals surface area contributed by atoms with Crippen molar-refractivity contribution in [1.29, 1.82) is 0 Å². The summed E-state index contributed by atoms with van der Waals surface area (Å²) in [7, 11) is -3.51. The molecule has 1 amide bonds. The van der Waals surface area contributed by atoms with Crippen LogP contribution in [0.25, 0.3) is 0 Å². The lowest BCUT2D eigenvalue weighted by atomic mass is 10.1. The van der Waals surface area contributed by atoms with E-state index in [1.807, 2.05) is 37.3 Å². The zero-order valence-electron chi connectivity index (χ0n) is 14.8. The summed E-state index contributed by atoms with van der Waals surface area (Å²) < 4.78 is 32.0. The molecule has 0 radical (unpaired) electrons. The van der Waals surface area contributed by atoms with E-state index < -0.39 is 16.1 Å². The fraction of sp³-hybridized carbons (Fsp3) is 0.316. The van der Waals surface area contributed by atoms with E-state index >= 15 is 0 Å². The van der Waals surface area contributed by atoms with Crippen LogP contribution in [-0.4, -0.2) is 32.7 Å². The molecule has 1 N–H and O–H groups in total. The monoisotopic (exact) mass is 374 g/mol. The third kappa shape index (κ3) is 3.67. The van der Waals surface area contributed by atoms with E-state index in [9.17, 15) is 13.2 Å². The number of carbonyl (C=O) groups excluding carboxylic acids is 1. The standard InChI is InChI=1S/C19H22N2O4S/c1-3-26(23,24)21-13-18(25-17-12-8-7-11-16(17)21)19(22)20-14(2)15-9-5-4-6-10-15/h4-12,14,18H,3,13H2,1-2H3,(H,20,22)/t14-,18+/m1/s1. The fourth-order valence-electron chi connectivity index (χ4n) is 2.89. The lowest BCUT2D eigenvalue weighted by Crippen LogP contribution is -2.51. The first kappa shape index (κ1) is 18.3. The molecule has 2 atom stereocenters. The highest BCUT2D eigenvalue weighted by Gasteiger charge is 2.36. The van der Waals surface area contributed by atoms with Crippen molar-refractivity contribution in [1.82, 2.24) is 5.32 Å². The van der Waals surface area contributed by atoms with Crippen LogP contribution in [0.2, 0.25) is 0 Å². The van der Waals surface area contributed by atoms with Gasteiger partial charge in [-0.1, -0.05) is 42.5 Å². The average molecular weight is 374 g/mol. The molecule has 6 nitrogen and oxygen atoms in total. The number of para-hydroxylation sites is 2. The van der Waals surface area contributed by atoms with E-state index in [0.717, 1.165) is 5.56 Å². The van der Waals surface area contributed by atoms with Crippen LogP contribution in [0.15, 0.2) is 54.6 Å². The van der Waals surface area contributed by atoms with Gasteiger partial charge in [-0.15, -0.1) is 0 Å². The molecule has 0 saturated carbocycles. The van der Waals surface area contributed by atoms with Gasteiger partial charge in [0.15, 0.2) is 6.10 Å². The van der Waals surface area contributed by atoms with Crippen LogP contribution in [0.5, 0.6) is 5.75 Å². The summed E-state index contributed by atoms with van der Waals surface area (Å²) in [6.45, 7) is 3.42. The maximum atomic E-state index is 12.7. The summed E-state index contributed by atoms with van der Waals surface area (Å²) >= 11 is 0. The van der Waals surface area contributed by atoms with E-state index in [-0.39, 0.29) is 24.2 Å². The maximum Gasteiger partial charge on any atom is 0.263 e. The van der Waals surface area contributed by atoms with Crippen molar-refractivity contribution in [3.05, 3.63) is 60.2 Å². The second-order valence-electron chi connectivity index (χ2n) is 6.15. The Kier molecular flexibility index (Phi) is 5.18. The quantitative estimate of drug-likeness (QED) is 0.872. The minimum Gasteiger partial charge on any atom is -0.476 e. The number of amides is 1. The zero-order valence-corrected chi connectivity index (χ0v) is 15.6. The number of carbonyl (C=O) groups is 1. The van der Waals surface area contributed by atoms with E-state index in [1.54, 1.807) is 31.2 Å². The summed E-state index contributed by atoms with van der Waals surface area (Å²) in [4.78, 5) is 12.7. The van der Waals surface area contributed by atoms with Crippen molar-refractivity contribution in [2.45, 2.75) is 26.0 Å². The van der Waals surface area contributed by atoms with Crippen LogP contribution in [0.1, 0.15) is 25.5 Å². The van der Waals surface area contributed by atoms with Crippen LogP contribution < -0.4 is 14.4 Å². The van der Waals surface area contributed by atoms with Crippen LogP contribution in [-0.2, 0) is 14.8 Å². The second kappa shape index (κ2) is 7.37. The SMILES string of the molecule is CCS(=O)(=O)N1C[C@@H](C(=O)N[C@H](C)c2ccccc2)Oc2ccccc21. The predicted molar refractivity (Wildman–Crippen MR) is 101 cm³/mol. The van der Waals surface area contributed by atoms with Crippen molar-refractivity contribution in [3.8, 4) is 5.75 Å². The van der Waals surface area contributed by atoms with Crippen LogP contribution in [0.3, 0.4) is 0 Å². The molecule has 138 valence electrons. The van der Waals surface area contributed by atoms with Gasteiger partial charge in [-0.3, -0.25) is 9.10 Å². The first-order valence-electron chi connectivity index (χ1n) is 8.54. The normalized spacial score (nSPS) is 17.8. The summed E-state index contributed by atoms with van der Waals surface area (Å²) in [6, 6.07) is 16.2. The highest BCUT2D eigenvalue weighted by atomic mass is 32.2. The average Bonchev–Trinajstić information content (AvgIpc) is 2.67. The molecule has 0 unspecified atom stereocenters. The van der Waals surface area contributed by atoms with Gasteiger partial charge in [-0.2, -0.15) is 0 Å². The number of nitrogens with zero attached hydrogens (tertiary/aromatic N) is 1. The number of nitrogens with one attached hydrogen (secondary N) is 1. The number of sulfonamides is 1. The molecule has 1 aliphatic heterocycles. The molecule has 0 aromatic heterocycles. The highest BCUT2D eigenvalue weighted by Crippen LogP contribution is 2.35. The van der Waals surface area contributed by atoms with Gasteiger partial charge in [0.2, 0.25) is 10.0 Å². The minimum absolute atomic E-state index is 0.0411. The molecule has 3 rings (SSSR count). The van der Waals surface area contributed by atoms with Gasteiger partial charge in [0, 0.05) is 0 Å². The largest absolute Gasteiger partial charge is 0.476 e. The summed E-state index contributed by atoms with van der Waals surface area (Å²) in [5.41, 5.74) is 1.43. The molecule has 7 heteroatoms. The van der Waals surface area contributed by atoms with Crippen LogP contribution in [0, 0.1) is 0 Å². The molecule has 26 heavy (non-hydrogen) atoms. The first-order chi connectivity index (χ1) is 12.4. The molecule has 0 aliphatic carbocycles. The van der Waals surface area contributed by atoms with Gasteiger partial charge < -0.3 is 10.1 Å². The lowest BCUT2D eigenvalue weighted by Gasteiger charge is -2.35. The van der Waals surface area contributed by atoms with E-state index in [4.69, 9.17) is 4.74 Å². The third-order valence-corrected chi connectivity index (χ3v) is 6.13. The number of ether oxygens (including phenoxy) is 1. The van der Waals surface area contributed by atoms with Crippen LogP contribution in [0.4, 0.5) is 5.69 Å². The second-order valence-corrected chi connectivity index (χ2v) is 8.33. The first-order valence-corrected chi connectivity index (χ1v) is 10.1. The molecule has 0 spiro atoms. The third-order valence-electron chi connectivity index (χ3n) is 4.39. The molecule has 2 aromatic rings. The van der Waals surface area contributed by atoms with E-state index in [0.29, 0.717) is 11.4 Å². The van der Waals surface area contributed by atoms with Crippen molar-refractivity contribution in [2.24, 2.45) is 0 Å². The van der Waals surface area contributed by atoms with Gasteiger partial charge in [-0.05, 0) is 31.5 Å². The topological polar surface area (TPSA) is 75.7 Å². The van der Waals surface area contributed by atoms with Crippen LogP contribution >= 0.6 is 0 Å². The fourth-order valence-corrected chi connectivity index (χ4v) is 4.01.